The van der Waals surface area contributed by atoms with Crippen LogP contribution >= 0.6 is 0 Å². The molecule has 0 aliphatic carbocycles. The van der Waals surface area contributed by atoms with Crippen molar-refractivity contribution in [3.63, 3.8) is 0 Å². The molecule has 0 aliphatic rings. The highest BCUT2D eigenvalue weighted by molar-refractivity contribution is 5.78. The Morgan fingerprint density at radius 2 is 1.89 bits per heavy atom. The highest BCUT2D eigenvalue weighted by Crippen LogP contribution is 2.30. The van der Waals surface area contributed by atoms with E-state index in [9.17, 15) is 0 Å². The maximum absolute atomic E-state index is 5.95. The summed E-state index contributed by atoms with van der Waals surface area (Å²) < 4.78 is 10.6. The van der Waals surface area contributed by atoms with Crippen molar-refractivity contribution in [2.24, 2.45) is 10.7 Å². The molecule has 0 spiro atoms. The van der Waals surface area contributed by atoms with Crippen molar-refractivity contribution in [1.29, 1.82) is 0 Å². The zero-order valence-corrected chi connectivity index (χ0v) is 12.1. The molecule has 0 saturated carbocycles. The molecule has 1 aromatic rings. The molecule has 0 radical (unpaired) electrons. The fourth-order valence-corrected chi connectivity index (χ4v) is 1.89. The number of guanidine groups is 1. The van der Waals surface area contributed by atoms with Crippen molar-refractivity contribution in [2.75, 3.05) is 27.3 Å². The van der Waals surface area contributed by atoms with Gasteiger partial charge < -0.3 is 20.1 Å². The first kappa shape index (κ1) is 15.1. The molecule has 2 N–H and O–H groups in total. The molecule has 106 valence electrons. The summed E-state index contributed by atoms with van der Waals surface area (Å²) in [6, 6.07) is 5.74. The van der Waals surface area contributed by atoms with Crippen molar-refractivity contribution >= 4 is 5.96 Å². The number of methoxy groups -OCH3 is 2. The molecule has 0 unspecified atom stereocenters. The lowest BCUT2D eigenvalue weighted by molar-refractivity contribution is 0.351. The Hall–Kier alpha value is -1.91. The minimum atomic E-state index is 0.475. The number of rotatable bonds is 6. The lowest BCUT2D eigenvalue weighted by Crippen LogP contribution is -2.37. The summed E-state index contributed by atoms with van der Waals surface area (Å²) in [6.07, 6.45) is 0. The van der Waals surface area contributed by atoms with Gasteiger partial charge in [0.2, 0.25) is 0 Å². The summed E-state index contributed by atoms with van der Waals surface area (Å²) >= 11 is 0. The molecule has 0 heterocycles. The third-order valence-electron chi connectivity index (χ3n) is 2.98. The molecule has 0 aromatic heterocycles. The Bertz CT molecular complexity index is 429. The number of hydrogen-bond acceptors (Lipinski definition) is 3. The molecule has 0 bridgehead atoms. The van der Waals surface area contributed by atoms with Crippen LogP contribution in [0, 0.1) is 0 Å². The normalized spacial score (nSPS) is 11.3. The average Bonchev–Trinajstić information content (AvgIpc) is 2.45. The molecule has 0 saturated heterocycles. The number of ether oxygens (including phenoxy) is 2. The highest BCUT2D eigenvalue weighted by Gasteiger charge is 2.09. The van der Waals surface area contributed by atoms with Crippen molar-refractivity contribution in [3.8, 4) is 11.5 Å². The summed E-state index contributed by atoms with van der Waals surface area (Å²) in [5.41, 5.74) is 6.91. The van der Waals surface area contributed by atoms with Gasteiger partial charge in [0.25, 0.3) is 0 Å². The Labute approximate surface area is 115 Å². The molecule has 0 aliphatic heterocycles. The van der Waals surface area contributed by atoms with Crippen LogP contribution in [0.2, 0.25) is 0 Å². The van der Waals surface area contributed by atoms with Gasteiger partial charge in [-0.3, -0.25) is 0 Å². The van der Waals surface area contributed by atoms with Crippen LogP contribution in [0.1, 0.15) is 19.4 Å². The summed E-state index contributed by atoms with van der Waals surface area (Å²) in [5, 5.41) is 0. The van der Waals surface area contributed by atoms with Crippen molar-refractivity contribution < 1.29 is 9.47 Å². The average molecular weight is 265 g/mol. The lowest BCUT2D eigenvalue weighted by Gasteiger charge is -2.19. The van der Waals surface area contributed by atoms with Crippen LogP contribution in [-0.4, -0.2) is 38.2 Å². The van der Waals surface area contributed by atoms with Gasteiger partial charge in [0.1, 0.15) is 0 Å². The lowest BCUT2D eigenvalue weighted by atomic mass is 10.2. The molecule has 5 heteroatoms. The van der Waals surface area contributed by atoms with Gasteiger partial charge >= 0.3 is 0 Å². The third kappa shape index (κ3) is 3.77. The molecule has 1 aromatic carbocycles. The fourth-order valence-electron chi connectivity index (χ4n) is 1.89. The smallest absolute Gasteiger partial charge is 0.191 e. The standard InChI is InChI=1S/C14H23N3O2/c1-5-17(6-2)14(15)16-10-11-8-7-9-12(18-3)13(11)19-4/h7-9H,5-6,10H2,1-4H3,(H2,15,16). The van der Waals surface area contributed by atoms with E-state index in [1.807, 2.05) is 23.1 Å². The highest BCUT2D eigenvalue weighted by atomic mass is 16.5. The molecule has 0 amide bonds. The van der Waals surface area contributed by atoms with Gasteiger partial charge in [0.05, 0.1) is 20.8 Å². The van der Waals surface area contributed by atoms with Gasteiger partial charge in [-0.05, 0) is 19.9 Å². The van der Waals surface area contributed by atoms with Crippen LogP contribution < -0.4 is 15.2 Å². The van der Waals surface area contributed by atoms with Gasteiger partial charge in [-0.15, -0.1) is 0 Å². The molecule has 0 atom stereocenters. The van der Waals surface area contributed by atoms with Crippen molar-refractivity contribution in [2.45, 2.75) is 20.4 Å². The molecule has 1 rings (SSSR count). The van der Waals surface area contributed by atoms with Crippen LogP contribution in [0.3, 0.4) is 0 Å². The van der Waals surface area contributed by atoms with Gasteiger partial charge in [-0.25, -0.2) is 4.99 Å². The zero-order valence-electron chi connectivity index (χ0n) is 12.1. The molecular formula is C14H23N3O2. The van der Waals surface area contributed by atoms with E-state index in [2.05, 4.69) is 18.8 Å². The second-order valence-corrected chi connectivity index (χ2v) is 4.00. The Balaban J connectivity index is 2.91. The molecule has 19 heavy (non-hydrogen) atoms. The van der Waals surface area contributed by atoms with Crippen LogP contribution in [0.4, 0.5) is 0 Å². The van der Waals surface area contributed by atoms with E-state index < -0.39 is 0 Å². The zero-order chi connectivity index (χ0) is 14.3. The van der Waals surface area contributed by atoms with E-state index in [0.29, 0.717) is 24.0 Å². The summed E-state index contributed by atoms with van der Waals surface area (Å²) in [6.45, 7) is 6.28. The van der Waals surface area contributed by atoms with E-state index in [1.54, 1.807) is 14.2 Å². The topological polar surface area (TPSA) is 60.1 Å². The number of benzene rings is 1. The van der Waals surface area contributed by atoms with Crippen LogP contribution in [0.5, 0.6) is 11.5 Å². The van der Waals surface area contributed by atoms with E-state index in [0.717, 1.165) is 18.7 Å². The number of aliphatic imine (C=N–C) groups is 1. The van der Waals surface area contributed by atoms with E-state index in [1.165, 1.54) is 0 Å². The van der Waals surface area contributed by atoms with Crippen LogP contribution in [0.15, 0.2) is 23.2 Å². The molecule has 5 nitrogen and oxygen atoms in total. The SMILES string of the molecule is CCN(CC)C(N)=NCc1cccc(OC)c1OC. The second-order valence-electron chi connectivity index (χ2n) is 4.00. The maximum Gasteiger partial charge on any atom is 0.191 e. The van der Waals surface area contributed by atoms with E-state index in [-0.39, 0.29) is 0 Å². The predicted molar refractivity (Wildman–Crippen MR) is 77.8 cm³/mol. The Morgan fingerprint density at radius 1 is 1.21 bits per heavy atom. The number of para-hydroxylation sites is 1. The Kier molecular flexibility index (Phi) is 5.99. The largest absolute Gasteiger partial charge is 0.493 e. The number of hydrogen-bond donors (Lipinski definition) is 1. The Morgan fingerprint density at radius 3 is 2.42 bits per heavy atom. The second kappa shape index (κ2) is 7.51. The minimum absolute atomic E-state index is 0.475. The number of nitrogens with zero attached hydrogens (tertiary/aromatic N) is 2. The number of nitrogens with two attached hydrogens (primary N) is 1. The monoisotopic (exact) mass is 265 g/mol. The van der Waals surface area contributed by atoms with Crippen molar-refractivity contribution in [1.82, 2.24) is 4.90 Å². The van der Waals surface area contributed by atoms with E-state index in [4.69, 9.17) is 15.2 Å². The van der Waals surface area contributed by atoms with Gasteiger partial charge in [-0.1, -0.05) is 12.1 Å². The first-order chi connectivity index (χ1) is 9.17. The first-order valence-corrected chi connectivity index (χ1v) is 6.42. The van der Waals surface area contributed by atoms with Gasteiger partial charge in [0.15, 0.2) is 17.5 Å². The van der Waals surface area contributed by atoms with Crippen LogP contribution in [-0.2, 0) is 6.54 Å². The van der Waals surface area contributed by atoms with Crippen LogP contribution in [0.25, 0.3) is 0 Å². The minimum Gasteiger partial charge on any atom is -0.493 e. The summed E-state index contributed by atoms with van der Waals surface area (Å²) in [4.78, 5) is 6.41. The van der Waals surface area contributed by atoms with E-state index >= 15 is 0 Å². The maximum atomic E-state index is 5.95. The van der Waals surface area contributed by atoms with Gasteiger partial charge in [0, 0.05) is 18.7 Å². The predicted octanol–water partition coefficient (Wildman–Crippen LogP) is 1.86. The quantitative estimate of drug-likeness (QED) is 0.630. The third-order valence-corrected chi connectivity index (χ3v) is 2.98. The molecular weight excluding hydrogens is 242 g/mol. The van der Waals surface area contributed by atoms with Gasteiger partial charge in [-0.2, -0.15) is 0 Å². The molecule has 0 fully saturated rings. The summed E-state index contributed by atoms with van der Waals surface area (Å²) in [5.74, 6) is 1.97. The summed E-state index contributed by atoms with van der Waals surface area (Å²) in [7, 11) is 3.24. The first-order valence-electron chi connectivity index (χ1n) is 6.42. The van der Waals surface area contributed by atoms with Crippen molar-refractivity contribution in [3.05, 3.63) is 23.8 Å². The fraction of sp³-hybridized carbons (Fsp3) is 0.500.